The Balaban J connectivity index is 2.19. The zero-order valence-electron chi connectivity index (χ0n) is 11.4. The van der Waals surface area contributed by atoms with Crippen molar-refractivity contribution in [3.8, 4) is 0 Å². The Morgan fingerprint density at radius 1 is 1.10 bits per heavy atom. The van der Waals surface area contributed by atoms with Crippen LogP contribution in [0.5, 0.6) is 0 Å². The summed E-state index contributed by atoms with van der Waals surface area (Å²) in [6.07, 6.45) is 1.62. The second kappa shape index (κ2) is 5.92. The van der Waals surface area contributed by atoms with E-state index < -0.39 is 10.0 Å². The van der Waals surface area contributed by atoms with Gasteiger partial charge in [0.15, 0.2) is 0 Å². The number of rotatable bonds is 5. The molecule has 0 aliphatic heterocycles. The highest BCUT2D eigenvalue weighted by Crippen LogP contribution is 2.17. The third-order valence-corrected chi connectivity index (χ3v) is 4.07. The van der Waals surface area contributed by atoms with Crippen LogP contribution in [-0.2, 0) is 10.0 Å². The molecular formula is C14H17N3O2S. The molecule has 5 nitrogen and oxygen atoms in total. The molecule has 0 saturated heterocycles. The summed E-state index contributed by atoms with van der Waals surface area (Å²) in [6.45, 7) is 4.66. The Morgan fingerprint density at radius 2 is 1.80 bits per heavy atom. The topological polar surface area (TPSA) is 71.1 Å². The number of nitrogens with zero attached hydrogens (tertiary/aromatic N) is 1. The van der Waals surface area contributed by atoms with Gasteiger partial charge in [-0.3, -0.25) is 4.72 Å². The van der Waals surface area contributed by atoms with Gasteiger partial charge in [-0.25, -0.2) is 13.4 Å². The molecule has 2 aromatic rings. The first-order chi connectivity index (χ1) is 9.51. The van der Waals surface area contributed by atoms with Gasteiger partial charge in [-0.05, 0) is 49.7 Å². The van der Waals surface area contributed by atoms with Crippen molar-refractivity contribution in [1.29, 1.82) is 0 Å². The molecule has 0 aliphatic rings. The maximum Gasteiger partial charge on any atom is 0.263 e. The fourth-order valence-electron chi connectivity index (χ4n) is 1.68. The van der Waals surface area contributed by atoms with Crippen molar-refractivity contribution in [2.24, 2.45) is 0 Å². The minimum atomic E-state index is -3.60. The van der Waals surface area contributed by atoms with Gasteiger partial charge in [0.2, 0.25) is 0 Å². The van der Waals surface area contributed by atoms with E-state index in [1.807, 2.05) is 13.8 Å². The molecule has 0 bridgehead atoms. The number of pyridine rings is 1. The van der Waals surface area contributed by atoms with Crippen molar-refractivity contribution in [2.75, 3.05) is 16.6 Å². The predicted molar refractivity (Wildman–Crippen MR) is 80.4 cm³/mol. The molecule has 2 N–H and O–H groups in total. The molecular weight excluding hydrogens is 274 g/mol. The quantitative estimate of drug-likeness (QED) is 0.888. The summed E-state index contributed by atoms with van der Waals surface area (Å²) < 4.78 is 26.8. The second-order valence-electron chi connectivity index (χ2n) is 4.38. The summed E-state index contributed by atoms with van der Waals surface area (Å²) in [6, 6.07) is 10.0. The molecule has 0 unspecified atom stereocenters. The molecule has 6 heteroatoms. The summed E-state index contributed by atoms with van der Waals surface area (Å²) in [5.41, 5.74) is 1.86. The van der Waals surface area contributed by atoms with E-state index in [2.05, 4.69) is 15.0 Å². The number of nitrogens with one attached hydrogen (secondary N) is 2. The van der Waals surface area contributed by atoms with Crippen LogP contribution in [0.3, 0.4) is 0 Å². The first kappa shape index (κ1) is 14.3. The Labute approximate surface area is 119 Å². The number of aryl methyl sites for hydroxylation is 1. The molecule has 1 aromatic carbocycles. The largest absolute Gasteiger partial charge is 0.385 e. The Bertz CT molecular complexity index is 665. The average Bonchev–Trinajstić information content (AvgIpc) is 2.42. The van der Waals surface area contributed by atoms with Crippen LogP contribution in [0.15, 0.2) is 47.5 Å². The van der Waals surface area contributed by atoms with Gasteiger partial charge in [0.25, 0.3) is 10.0 Å². The van der Waals surface area contributed by atoms with Gasteiger partial charge < -0.3 is 5.32 Å². The normalized spacial score (nSPS) is 11.1. The van der Waals surface area contributed by atoms with Crippen molar-refractivity contribution in [2.45, 2.75) is 18.7 Å². The number of hydrogen-bond acceptors (Lipinski definition) is 4. The van der Waals surface area contributed by atoms with Gasteiger partial charge in [0.1, 0.15) is 5.82 Å². The van der Waals surface area contributed by atoms with Crippen LogP contribution in [-0.4, -0.2) is 19.9 Å². The maximum absolute atomic E-state index is 12.2. The lowest BCUT2D eigenvalue weighted by Crippen LogP contribution is -2.13. The third-order valence-electron chi connectivity index (χ3n) is 2.70. The molecule has 20 heavy (non-hydrogen) atoms. The number of sulfonamides is 1. The molecule has 0 aliphatic carbocycles. The summed E-state index contributed by atoms with van der Waals surface area (Å²) in [5, 5.41) is 3.11. The fraction of sp³-hybridized carbons (Fsp3) is 0.214. The molecule has 0 fully saturated rings. The van der Waals surface area contributed by atoms with Gasteiger partial charge in [-0.2, -0.15) is 0 Å². The van der Waals surface area contributed by atoms with E-state index in [4.69, 9.17) is 0 Å². The van der Waals surface area contributed by atoms with Gasteiger partial charge in [-0.1, -0.05) is 6.07 Å². The predicted octanol–water partition coefficient (Wildman–Crippen LogP) is 2.62. The van der Waals surface area contributed by atoms with Gasteiger partial charge in [0, 0.05) is 18.4 Å². The van der Waals surface area contributed by atoms with Crippen LogP contribution in [0.4, 0.5) is 11.5 Å². The molecule has 1 heterocycles. The summed E-state index contributed by atoms with van der Waals surface area (Å²) >= 11 is 0. The molecule has 0 saturated carbocycles. The third kappa shape index (κ3) is 3.48. The molecule has 0 amide bonds. The molecule has 0 spiro atoms. The molecule has 2 rings (SSSR count). The standard InChI is InChI=1S/C14H17N3O2S/c1-3-15-12-5-7-13(8-6-12)20(18,19)17-14-9-4-11(2)10-16-14/h4-10,15H,3H2,1-2H3,(H,16,17). The lowest BCUT2D eigenvalue weighted by atomic mass is 10.3. The van der Waals surface area contributed by atoms with Crippen LogP contribution >= 0.6 is 0 Å². The number of aromatic nitrogens is 1. The first-order valence-electron chi connectivity index (χ1n) is 6.30. The lowest BCUT2D eigenvalue weighted by Gasteiger charge is -2.08. The second-order valence-corrected chi connectivity index (χ2v) is 6.06. The van der Waals surface area contributed by atoms with Crippen LogP contribution < -0.4 is 10.0 Å². The summed E-state index contributed by atoms with van der Waals surface area (Å²) in [5.74, 6) is 0.311. The molecule has 0 radical (unpaired) electrons. The van der Waals surface area contributed by atoms with E-state index in [-0.39, 0.29) is 4.90 Å². The van der Waals surface area contributed by atoms with E-state index in [9.17, 15) is 8.42 Å². The highest BCUT2D eigenvalue weighted by Gasteiger charge is 2.14. The van der Waals surface area contributed by atoms with Crippen LogP contribution in [0.2, 0.25) is 0 Å². The highest BCUT2D eigenvalue weighted by atomic mass is 32.2. The molecule has 0 atom stereocenters. The van der Waals surface area contributed by atoms with Crippen molar-refractivity contribution >= 4 is 21.5 Å². The molecule has 1 aromatic heterocycles. The highest BCUT2D eigenvalue weighted by molar-refractivity contribution is 7.92. The van der Waals surface area contributed by atoms with E-state index in [0.29, 0.717) is 5.82 Å². The van der Waals surface area contributed by atoms with E-state index in [1.165, 1.54) is 0 Å². The summed E-state index contributed by atoms with van der Waals surface area (Å²) in [7, 11) is -3.60. The Kier molecular flexibility index (Phi) is 4.24. The van der Waals surface area contributed by atoms with Crippen molar-refractivity contribution in [1.82, 2.24) is 4.98 Å². The van der Waals surface area contributed by atoms with Crippen molar-refractivity contribution < 1.29 is 8.42 Å². The summed E-state index contributed by atoms with van der Waals surface area (Å²) in [4.78, 5) is 4.24. The average molecular weight is 291 g/mol. The minimum Gasteiger partial charge on any atom is -0.385 e. The van der Waals surface area contributed by atoms with E-state index in [1.54, 1.807) is 42.6 Å². The van der Waals surface area contributed by atoms with Gasteiger partial charge in [0.05, 0.1) is 4.90 Å². The lowest BCUT2D eigenvalue weighted by molar-refractivity contribution is 0.601. The van der Waals surface area contributed by atoms with Crippen LogP contribution in [0.25, 0.3) is 0 Å². The monoisotopic (exact) mass is 291 g/mol. The zero-order valence-corrected chi connectivity index (χ0v) is 12.2. The minimum absolute atomic E-state index is 0.210. The zero-order chi connectivity index (χ0) is 14.6. The number of benzene rings is 1. The van der Waals surface area contributed by atoms with E-state index in [0.717, 1.165) is 17.8 Å². The Morgan fingerprint density at radius 3 is 2.35 bits per heavy atom. The van der Waals surface area contributed by atoms with Crippen molar-refractivity contribution in [3.63, 3.8) is 0 Å². The van der Waals surface area contributed by atoms with Gasteiger partial charge in [-0.15, -0.1) is 0 Å². The van der Waals surface area contributed by atoms with Crippen LogP contribution in [0.1, 0.15) is 12.5 Å². The SMILES string of the molecule is CCNc1ccc(S(=O)(=O)Nc2ccc(C)cn2)cc1. The number of anilines is 2. The van der Waals surface area contributed by atoms with E-state index >= 15 is 0 Å². The molecule has 106 valence electrons. The van der Waals surface area contributed by atoms with Crippen LogP contribution in [0, 0.1) is 6.92 Å². The number of hydrogen-bond donors (Lipinski definition) is 2. The van der Waals surface area contributed by atoms with Crippen molar-refractivity contribution in [3.05, 3.63) is 48.2 Å². The Hall–Kier alpha value is -2.08. The smallest absolute Gasteiger partial charge is 0.263 e. The fourth-order valence-corrected chi connectivity index (χ4v) is 2.69. The first-order valence-corrected chi connectivity index (χ1v) is 7.79. The van der Waals surface area contributed by atoms with Gasteiger partial charge >= 0.3 is 0 Å². The maximum atomic E-state index is 12.2.